The lowest BCUT2D eigenvalue weighted by molar-refractivity contribution is 0.291. The third-order valence-electron chi connectivity index (χ3n) is 7.91. The van der Waals surface area contributed by atoms with Gasteiger partial charge < -0.3 is 0 Å². The highest BCUT2D eigenvalue weighted by Gasteiger charge is 2.41. The Morgan fingerprint density at radius 3 is 2.31 bits per heavy atom. The van der Waals surface area contributed by atoms with E-state index in [2.05, 4.69) is 24.3 Å². The van der Waals surface area contributed by atoms with Gasteiger partial charge in [0.15, 0.2) is 0 Å². The van der Waals surface area contributed by atoms with Crippen LogP contribution in [-0.2, 0) is 0 Å². The van der Waals surface area contributed by atoms with Crippen LogP contribution in [0.4, 0.5) is 0 Å². The first-order chi connectivity index (χ1) is 12.8. The molecule has 0 bridgehead atoms. The zero-order chi connectivity index (χ0) is 17.5. The van der Waals surface area contributed by atoms with Crippen LogP contribution in [0.2, 0.25) is 0 Å². The zero-order valence-electron chi connectivity index (χ0n) is 16.3. The van der Waals surface area contributed by atoms with Gasteiger partial charge in [-0.1, -0.05) is 75.0 Å². The average Bonchev–Trinajstić information content (AvgIpc) is 2.70. The maximum Gasteiger partial charge on any atom is 0.00830 e. The summed E-state index contributed by atoms with van der Waals surface area (Å²) in [6.07, 6.45) is 26.5. The molecule has 0 aromatic carbocycles. The van der Waals surface area contributed by atoms with Crippen molar-refractivity contribution in [2.75, 3.05) is 0 Å². The standard InChI is InChI=1S/C26H34/c1-18-24(19-10-4-2-5-11-19)22-16-8-14-21-15-9-17-23(26(21)22)25(18)20-12-6-3-7-13-20/h8-9,14,17,19-21,24H,1-7,10-13,15-16H2. The molecule has 5 rings (SSSR count). The first-order valence-corrected chi connectivity index (χ1v) is 11.3. The molecule has 5 aliphatic rings. The molecular formula is C26H34. The van der Waals surface area contributed by atoms with Crippen molar-refractivity contribution < 1.29 is 0 Å². The average molecular weight is 347 g/mol. The molecule has 0 spiro atoms. The second-order valence-electron chi connectivity index (χ2n) is 9.38. The second-order valence-corrected chi connectivity index (χ2v) is 9.38. The molecule has 2 fully saturated rings. The van der Waals surface area contributed by atoms with E-state index in [9.17, 15) is 0 Å². The summed E-state index contributed by atoms with van der Waals surface area (Å²) >= 11 is 0. The van der Waals surface area contributed by atoms with Gasteiger partial charge in [0.05, 0.1) is 0 Å². The van der Waals surface area contributed by atoms with E-state index in [1.165, 1.54) is 82.6 Å². The fourth-order valence-corrected chi connectivity index (χ4v) is 6.79. The summed E-state index contributed by atoms with van der Waals surface area (Å²) in [5.74, 6) is 2.94. The molecule has 2 saturated carbocycles. The van der Waals surface area contributed by atoms with Crippen LogP contribution in [0.15, 0.2) is 58.7 Å². The van der Waals surface area contributed by atoms with Gasteiger partial charge in [0.25, 0.3) is 0 Å². The van der Waals surface area contributed by atoms with Gasteiger partial charge in [0.1, 0.15) is 0 Å². The van der Waals surface area contributed by atoms with Crippen LogP contribution < -0.4 is 0 Å². The van der Waals surface area contributed by atoms with Gasteiger partial charge >= 0.3 is 0 Å². The highest BCUT2D eigenvalue weighted by Crippen LogP contribution is 2.54. The Hall–Kier alpha value is -1.30. The minimum Gasteiger partial charge on any atom is -0.0949 e. The Morgan fingerprint density at radius 1 is 0.808 bits per heavy atom. The summed E-state index contributed by atoms with van der Waals surface area (Å²) in [6.45, 7) is 4.82. The van der Waals surface area contributed by atoms with E-state index in [0.717, 1.165) is 11.8 Å². The van der Waals surface area contributed by atoms with Crippen LogP contribution in [0.25, 0.3) is 0 Å². The molecule has 0 aliphatic heterocycles. The molecule has 26 heavy (non-hydrogen) atoms. The van der Waals surface area contributed by atoms with E-state index >= 15 is 0 Å². The number of rotatable bonds is 2. The second kappa shape index (κ2) is 7.02. The van der Waals surface area contributed by atoms with Crippen LogP contribution in [-0.4, -0.2) is 0 Å². The van der Waals surface area contributed by atoms with Gasteiger partial charge in [-0.3, -0.25) is 0 Å². The minimum absolute atomic E-state index is 0.650. The van der Waals surface area contributed by atoms with Gasteiger partial charge in [-0.05, 0) is 72.7 Å². The molecule has 138 valence electrons. The maximum absolute atomic E-state index is 4.82. The first kappa shape index (κ1) is 16.8. The van der Waals surface area contributed by atoms with Crippen LogP contribution in [0.3, 0.4) is 0 Å². The fraction of sp³-hybridized carbons (Fsp3) is 0.615. The Labute approximate surface area is 159 Å². The van der Waals surface area contributed by atoms with Gasteiger partial charge in [-0.25, -0.2) is 0 Å². The predicted octanol–water partition coefficient (Wildman–Crippen LogP) is 7.46. The summed E-state index contributed by atoms with van der Waals surface area (Å²) < 4.78 is 0. The molecule has 2 atom stereocenters. The lowest BCUT2D eigenvalue weighted by atomic mass is 9.59. The Bertz CT molecular complexity index is 698. The highest BCUT2D eigenvalue weighted by atomic mass is 14.4. The maximum atomic E-state index is 4.82. The van der Waals surface area contributed by atoms with Gasteiger partial charge in [0, 0.05) is 11.8 Å². The molecule has 0 aromatic heterocycles. The van der Waals surface area contributed by atoms with Crippen molar-refractivity contribution in [3.63, 3.8) is 0 Å². The Balaban J connectivity index is 1.62. The van der Waals surface area contributed by atoms with Crippen LogP contribution in [0.5, 0.6) is 0 Å². The van der Waals surface area contributed by atoms with E-state index in [4.69, 9.17) is 6.58 Å². The molecule has 2 unspecified atom stereocenters. The van der Waals surface area contributed by atoms with Crippen molar-refractivity contribution in [3.05, 3.63) is 58.7 Å². The van der Waals surface area contributed by atoms with Gasteiger partial charge in [-0.2, -0.15) is 0 Å². The Morgan fingerprint density at radius 2 is 1.54 bits per heavy atom. The van der Waals surface area contributed by atoms with Crippen molar-refractivity contribution in [1.29, 1.82) is 0 Å². The lowest BCUT2D eigenvalue weighted by Gasteiger charge is -2.45. The molecule has 0 radical (unpaired) electrons. The third kappa shape index (κ3) is 2.72. The molecule has 0 heterocycles. The molecule has 5 aliphatic carbocycles. The van der Waals surface area contributed by atoms with Crippen molar-refractivity contribution in [2.45, 2.75) is 77.0 Å². The summed E-state index contributed by atoms with van der Waals surface area (Å²) in [5.41, 5.74) is 8.38. The Kier molecular flexibility index (Phi) is 4.55. The van der Waals surface area contributed by atoms with E-state index in [1.807, 2.05) is 0 Å². The zero-order valence-corrected chi connectivity index (χ0v) is 16.3. The molecule has 0 N–H and O–H groups in total. The number of hydrogen-bond acceptors (Lipinski definition) is 0. The molecule has 0 amide bonds. The molecule has 0 heteroatoms. The number of allylic oxidation sites excluding steroid dienone is 9. The largest absolute Gasteiger partial charge is 0.0949 e. The van der Waals surface area contributed by atoms with Crippen molar-refractivity contribution >= 4 is 0 Å². The van der Waals surface area contributed by atoms with E-state index in [0.29, 0.717) is 11.8 Å². The SMILES string of the molecule is C=C1C(C2CCCCC2)=C2C=CCC3C=CCC(=C23)C1C1CCCCC1. The third-order valence-corrected chi connectivity index (χ3v) is 7.91. The normalized spacial score (nSPS) is 33.0. The fourth-order valence-electron chi connectivity index (χ4n) is 6.79. The summed E-state index contributed by atoms with van der Waals surface area (Å²) in [6, 6.07) is 0. The summed E-state index contributed by atoms with van der Waals surface area (Å²) in [4.78, 5) is 0. The van der Waals surface area contributed by atoms with E-state index in [-0.39, 0.29) is 0 Å². The van der Waals surface area contributed by atoms with Crippen LogP contribution in [0.1, 0.15) is 77.0 Å². The van der Waals surface area contributed by atoms with E-state index < -0.39 is 0 Å². The topological polar surface area (TPSA) is 0 Å². The number of hydrogen-bond donors (Lipinski definition) is 0. The highest BCUT2D eigenvalue weighted by molar-refractivity contribution is 5.63. The molecule has 0 nitrogen and oxygen atoms in total. The van der Waals surface area contributed by atoms with Gasteiger partial charge in [-0.15, -0.1) is 0 Å². The van der Waals surface area contributed by atoms with Crippen molar-refractivity contribution in [1.82, 2.24) is 0 Å². The van der Waals surface area contributed by atoms with Crippen molar-refractivity contribution in [3.8, 4) is 0 Å². The predicted molar refractivity (Wildman–Crippen MR) is 111 cm³/mol. The van der Waals surface area contributed by atoms with Crippen LogP contribution >= 0.6 is 0 Å². The smallest absolute Gasteiger partial charge is 0.00830 e. The quantitative estimate of drug-likeness (QED) is 0.455. The monoisotopic (exact) mass is 346 g/mol. The van der Waals surface area contributed by atoms with Crippen molar-refractivity contribution in [2.24, 2.45) is 23.7 Å². The molecule has 0 saturated heterocycles. The first-order valence-electron chi connectivity index (χ1n) is 11.3. The lowest BCUT2D eigenvalue weighted by Crippen LogP contribution is -2.32. The van der Waals surface area contributed by atoms with Gasteiger partial charge in [0.2, 0.25) is 0 Å². The van der Waals surface area contributed by atoms with Crippen LogP contribution in [0, 0.1) is 23.7 Å². The molecular weight excluding hydrogens is 312 g/mol. The summed E-state index contributed by atoms with van der Waals surface area (Å²) in [7, 11) is 0. The molecule has 0 aromatic rings. The summed E-state index contributed by atoms with van der Waals surface area (Å²) in [5, 5.41) is 0. The van der Waals surface area contributed by atoms with E-state index in [1.54, 1.807) is 22.3 Å². The minimum atomic E-state index is 0.650.